The lowest BCUT2D eigenvalue weighted by Gasteiger charge is -2.16. The van der Waals surface area contributed by atoms with Crippen molar-refractivity contribution in [3.05, 3.63) is 0 Å². The molecule has 0 atom stereocenters. The van der Waals surface area contributed by atoms with Crippen LogP contribution >= 0.6 is 0 Å². The molecule has 0 unspecified atom stereocenters. The summed E-state index contributed by atoms with van der Waals surface area (Å²) in [6.45, 7) is -2.07. The molecule has 0 N–H and O–H groups in total. The lowest BCUT2D eigenvalue weighted by Crippen LogP contribution is -2.32. The van der Waals surface area contributed by atoms with E-state index in [4.69, 9.17) is 0 Å². The highest BCUT2D eigenvalue weighted by atomic mass is 32.2. The zero-order valence-corrected chi connectivity index (χ0v) is 5.20. The molecule has 0 rings (SSSR count). The minimum atomic E-state index is -5.81. The first-order chi connectivity index (χ1) is 4.31. The molecular formula is C2H2F3O4S-. The lowest BCUT2D eigenvalue weighted by molar-refractivity contribution is -0.176. The molecule has 0 saturated heterocycles. The number of alkyl halides is 2. The Morgan fingerprint density at radius 3 is 2.00 bits per heavy atom. The Bertz CT molecular complexity index is 197. The van der Waals surface area contributed by atoms with Gasteiger partial charge in [-0.2, -0.15) is 13.7 Å². The normalized spacial score (nSPS) is 13.6. The number of halogens is 3. The molecule has 0 heterocycles. The third-order valence-corrected chi connectivity index (χ3v) is 1.44. The van der Waals surface area contributed by atoms with E-state index in [9.17, 15) is 26.3 Å². The van der Waals surface area contributed by atoms with Crippen molar-refractivity contribution in [1.29, 1.82) is 0 Å². The van der Waals surface area contributed by atoms with E-state index < -0.39 is 22.0 Å². The Labute approximate surface area is 54.2 Å². The molecule has 8 heteroatoms. The molecular weight excluding hydrogens is 177 g/mol. The summed E-state index contributed by atoms with van der Waals surface area (Å²) in [5, 5.41) is -4.69. The maximum Gasteiger partial charge on any atom is 0.360 e. The summed E-state index contributed by atoms with van der Waals surface area (Å²) in [7, 11) is -5.81. The van der Waals surface area contributed by atoms with Gasteiger partial charge in [-0.15, -0.1) is 0 Å². The van der Waals surface area contributed by atoms with E-state index in [0.29, 0.717) is 0 Å². The Hall–Kier alpha value is -0.340. The Morgan fingerprint density at radius 1 is 1.50 bits per heavy atom. The van der Waals surface area contributed by atoms with E-state index in [-0.39, 0.29) is 0 Å². The summed E-state index contributed by atoms with van der Waals surface area (Å²) in [6.07, 6.45) is 0. The fourth-order valence-electron chi connectivity index (χ4n) is 0.136. The zero-order chi connectivity index (χ0) is 8.41. The van der Waals surface area contributed by atoms with Crippen LogP contribution in [0.4, 0.5) is 13.3 Å². The van der Waals surface area contributed by atoms with Gasteiger partial charge in [0.05, 0.1) is 0 Å². The highest BCUT2D eigenvalue weighted by molar-refractivity contribution is 7.86. The largest absolute Gasteiger partial charge is 0.743 e. The predicted molar refractivity (Wildman–Crippen MR) is 21.7 cm³/mol. The van der Waals surface area contributed by atoms with Crippen molar-refractivity contribution in [2.75, 3.05) is 6.61 Å². The molecule has 0 saturated carbocycles. The summed E-state index contributed by atoms with van der Waals surface area (Å²) in [4.78, 5) is 2.30. The van der Waals surface area contributed by atoms with Gasteiger partial charge in [-0.1, -0.05) is 0 Å². The summed E-state index contributed by atoms with van der Waals surface area (Å²) >= 11 is 0. The number of hydrogen-bond donors (Lipinski definition) is 0. The van der Waals surface area contributed by atoms with E-state index in [2.05, 4.69) is 4.94 Å². The van der Waals surface area contributed by atoms with Crippen LogP contribution in [0.1, 0.15) is 0 Å². The minimum Gasteiger partial charge on any atom is -0.743 e. The molecule has 0 radical (unpaired) electrons. The molecule has 0 spiro atoms. The molecule has 0 amide bonds. The van der Waals surface area contributed by atoms with Crippen molar-refractivity contribution in [1.82, 2.24) is 0 Å². The molecule has 0 aromatic carbocycles. The van der Waals surface area contributed by atoms with Gasteiger partial charge in [-0.25, -0.2) is 8.42 Å². The maximum atomic E-state index is 11.7. The third kappa shape index (κ3) is 2.12. The molecule has 10 heavy (non-hydrogen) atoms. The quantitative estimate of drug-likeness (QED) is 0.573. The number of hydrogen-bond acceptors (Lipinski definition) is 4. The average Bonchev–Trinajstić information content (AvgIpc) is 1.61. The van der Waals surface area contributed by atoms with Crippen LogP contribution in [0.5, 0.6) is 0 Å². The van der Waals surface area contributed by atoms with Crippen LogP contribution in [0.2, 0.25) is 0 Å². The second-order valence-electron chi connectivity index (χ2n) is 1.34. The van der Waals surface area contributed by atoms with Gasteiger partial charge in [0.25, 0.3) is 0 Å². The van der Waals surface area contributed by atoms with Crippen molar-refractivity contribution >= 4 is 10.1 Å². The highest BCUT2D eigenvalue weighted by Crippen LogP contribution is 2.20. The summed E-state index contributed by atoms with van der Waals surface area (Å²) in [5.74, 6) is 0. The topological polar surface area (TPSA) is 66.4 Å². The minimum absolute atomic E-state index is 2.07. The van der Waals surface area contributed by atoms with Crippen molar-refractivity contribution in [2.45, 2.75) is 5.25 Å². The van der Waals surface area contributed by atoms with Crippen LogP contribution in [0, 0.1) is 0 Å². The van der Waals surface area contributed by atoms with Crippen LogP contribution in [-0.2, 0) is 15.1 Å². The van der Waals surface area contributed by atoms with E-state index in [0.717, 1.165) is 0 Å². The molecule has 0 aliphatic rings. The second kappa shape index (κ2) is 2.72. The molecule has 62 valence electrons. The first-order valence-electron chi connectivity index (χ1n) is 1.88. The fourth-order valence-corrected chi connectivity index (χ4v) is 0.325. The van der Waals surface area contributed by atoms with Crippen LogP contribution in [-0.4, -0.2) is 24.8 Å². The fraction of sp³-hybridized carbons (Fsp3) is 1.00. The first-order valence-corrected chi connectivity index (χ1v) is 3.29. The Balaban J connectivity index is 4.42. The maximum absolute atomic E-state index is 11.7. The summed E-state index contributed by atoms with van der Waals surface area (Å²) in [6, 6.07) is 0. The standard InChI is InChI=1S/C2H3F3O4S/c3-2(4,1-9-5)10(6,7)8/h1H2,(H,6,7,8)/p-1. The molecule has 0 aliphatic carbocycles. The molecule has 0 aliphatic heterocycles. The van der Waals surface area contributed by atoms with Crippen LogP contribution in [0.3, 0.4) is 0 Å². The SMILES string of the molecule is O=S(=O)([O-])C(F)(F)COF. The smallest absolute Gasteiger partial charge is 0.360 e. The van der Waals surface area contributed by atoms with Gasteiger partial charge < -0.3 is 4.55 Å². The zero-order valence-electron chi connectivity index (χ0n) is 4.38. The third-order valence-electron chi connectivity index (χ3n) is 0.588. The van der Waals surface area contributed by atoms with Gasteiger partial charge in [0.15, 0.2) is 16.7 Å². The molecule has 0 aromatic rings. The van der Waals surface area contributed by atoms with E-state index in [1.807, 2.05) is 0 Å². The van der Waals surface area contributed by atoms with E-state index in [1.165, 1.54) is 0 Å². The van der Waals surface area contributed by atoms with Crippen molar-refractivity contribution in [3.8, 4) is 0 Å². The summed E-state index contributed by atoms with van der Waals surface area (Å²) < 4.78 is 62.4. The molecule has 0 bridgehead atoms. The van der Waals surface area contributed by atoms with Gasteiger partial charge in [-0.3, -0.25) is 0 Å². The molecule has 0 aromatic heterocycles. The van der Waals surface area contributed by atoms with Gasteiger partial charge in [0.2, 0.25) is 0 Å². The molecule has 4 nitrogen and oxygen atoms in total. The van der Waals surface area contributed by atoms with Gasteiger partial charge in [0.1, 0.15) is 0 Å². The lowest BCUT2D eigenvalue weighted by atomic mass is 10.8. The van der Waals surface area contributed by atoms with Gasteiger partial charge >= 0.3 is 5.25 Å². The molecule has 0 fully saturated rings. The van der Waals surface area contributed by atoms with Crippen molar-refractivity contribution in [3.63, 3.8) is 0 Å². The monoisotopic (exact) mass is 179 g/mol. The van der Waals surface area contributed by atoms with E-state index >= 15 is 0 Å². The average molecular weight is 179 g/mol. The first kappa shape index (κ1) is 9.66. The summed E-state index contributed by atoms with van der Waals surface area (Å²) in [5.41, 5.74) is 0. The van der Waals surface area contributed by atoms with Crippen molar-refractivity contribution in [2.24, 2.45) is 0 Å². The highest BCUT2D eigenvalue weighted by Gasteiger charge is 2.38. The van der Waals surface area contributed by atoms with E-state index in [1.54, 1.807) is 0 Å². The van der Waals surface area contributed by atoms with Gasteiger partial charge in [-0.05, 0) is 4.53 Å². The predicted octanol–water partition coefficient (Wildman–Crippen LogP) is 0.0255. The van der Waals surface area contributed by atoms with Gasteiger partial charge in [0, 0.05) is 0 Å². The van der Waals surface area contributed by atoms with Crippen LogP contribution < -0.4 is 0 Å². The van der Waals surface area contributed by atoms with Crippen LogP contribution in [0.15, 0.2) is 0 Å². The van der Waals surface area contributed by atoms with Crippen molar-refractivity contribution < 1.29 is 31.2 Å². The van der Waals surface area contributed by atoms with Crippen LogP contribution in [0.25, 0.3) is 0 Å². The number of rotatable bonds is 3. The Kier molecular flexibility index (Phi) is 2.63. The second-order valence-corrected chi connectivity index (χ2v) is 2.85. The Morgan fingerprint density at radius 2 is 1.90 bits per heavy atom.